The molecule has 220 valence electrons. The van der Waals surface area contributed by atoms with E-state index >= 15 is 0 Å². The third-order valence-corrected chi connectivity index (χ3v) is 7.09. The maximum Gasteiger partial charge on any atom is 0.411 e. The number of hydrogen-bond acceptors (Lipinski definition) is 6. The van der Waals surface area contributed by atoms with Crippen molar-refractivity contribution in [2.75, 3.05) is 6.54 Å². The Balaban J connectivity index is 1.99. The monoisotopic (exact) mass is 578 g/mol. The normalized spacial score (nSPS) is 13.1. The summed E-state index contributed by atoms with van der Waals surface area (Å²) >= 11 is 1.35. The number of rotatable bonds is 10. The van der Waals surface area contributed by atoms with Crippen LogP contribution in [0.1, 0.15) is 52.7 Å². The SMILES string of the molecule is CC(C)(C)OC(=O)N(Cc1ccccc1)CC(O)C(Sc1ccccc1)N(Cc1ccccc1)C(=O)OC(C)(C)C. The van der Waals surface area contributed by atoms with Gasteiger partial charge in [0.2, 0.25) is 0 Å². The molecule has 8 heteroatoms. The third kappa shape index (κ3) is 11.1. The average Bonchev–Trinajstić information content (AvgIpc) is 2.90. The fourth-order valence-corrected chi connectivity index (χ4v) is 5.12. The molecule has 3 aromatic rings. The second-order valence-corrected chi connectivity index (χ2v) is 13.0. The second-order valence-electron chi connectivity index (χ2n) is 11.8. The van der Waals surface area contributed by atoms with Crippen molar-refractivity contribution in [3.63, 3.8) is 0 Å². The van der Waals surface area contributed by atoms with E-state index in [0.29, 0.717) is 0 Å². The topological polar surface area (TPSA) is 79.3 Å². The standard InChI is InChI=1S/C33H42N2O5S/c1-32(2,3)39-30(37)34(22-25-16-10-7-11-17-25)24-28(36)29(41-27-20-14-9-15-21-27)35(31(38)40-33(4,5)6)23-26-18-12-8-13-19-26/h7-21,28-29,36H,22-24H2,1-6H3. The molecule has 0 aliphatic rings. The molecule has 0 radical (unpaired) electrons. The smallest absolute Gasteiger partial charge is 0.411 e. The van der Waals surface area contributed by atoms with Crippen LogP contribution in [0.15, 0.2) is 95.9 Å². The van der Waals surface area contributed by atoms with Gasteiger partial charge in [-0.05, 0) is 64.8 Å². The first-order valence-corrected chi connectivity index (χ1v) is 14.6. The lowest BCUT2D eigenvalue weighted by Crippen LogP contribution is -2.51. The van der Waals surface area contributed by atoms with E-state index in [2.05, 4.69) is 0 Å². The molecule has 41 heavy (non-hydrogen) atoms. The van der Waals surface area contributed by atoms with Crippen LogP contribution in [-0.2, 0) is 22.6 Å². The Labute approximate surface area is 248 Å². The van der Waals surface area contributed by atoms with Crippen LogP contribution in [0.25, 0.3) is 0 Å². The summed E-state index contributed by atoms with van der Waals surface area (Å²) in [7, 11) is 0. The highest BCUT2D eigenvalue weighted by molar-refractivity contribution is 8.00. The molecule has 2 unspecified atom stereocenters. The van der Waals surface area contributed by atoms with Gasteiger partial charge in [-0.1, -0.05) is 90.6 Å². The summed E-state index contributed by atoms with van der Waals surface area (Å²) < 4.78 is 11.5. The summed E-state index contributed by atoms with van der Waals surface area (Å²) in [5.74, 6) is 0. The van der Waals surface area contributed by atoms with E-state index in [-0.39, 0.29) is 19.6 Å². The molecule has 1 N–H and O–H groups in total. The van der Waals surface area contributed by atoms with Crippen LogP contribution in [0.5, 0.6) is 0 Å². The molecule has 0 fully saturated rings. The van der Waals surface area contributed by atoms with E-state index < -0.39 is 34.9 Å². The molecule has 2 atom stereocenters. The molecular formula is C33H42N2O5S. The highest BCUT2D eigenvalue weighted by atomic mass is 32.2. The quantitative estimate of drug-likeness (QED) is 0.200. The predicted octanol–water partition coefficient (Wildman–Crippen LogP) is 7.34. The predicted molar refractivity (Wildman–Crippen MR) is 163 cm³/mol. The number of aliphatic hydroxyl groups excluding tert-OH is 1. The zero-order chi connectivity index (χ0) is 30.0. The summed E-state index contributed by atoms with van der Waals surface area (Å²) in [6.45, 7) is 11.2. The molecule has 7 nitrogen and oxygen atoms in total. The molecule has 0 bridgehead atoms. The van der Waals surface area contributed by atoms with Gasteiger partial charge in [-0.15, -0.1) is 0 Å². The van der Waals surface area contributed by atoms with Gasteiger partial charge in [0.15, 0.2) is 0 Å². The van der Waals surface area contributed by atoms with Gasteiger partial charge in [-0.25, -0.2) is 9.59 Å². The Kier molecular flexibility index (Phi) is 11.3. The van der Waals surface area contributed by atoms with Crippen LogP contribution in [0.2, 0.25) is 0 Å². The summed E-state index contributed by atoms with van der Waals surface area (Å²) in [4.78, 5) is 30.9. The zero-order valence-corrected chi connectivity index (χ0v) is 25.6. The fourth-order valence-electron chi connectivity index (χ4n) is 4.00. The van der Waals surface area contributed by atoms with Gasteiger partial charge in [-0.2, -0.15) is 0 Å². The van der Waals surface area contributed by atoms with Crippen molar-refractivity contribution in [3.05, 3.63) is 102 Å². The van der Waals surface area contributed by atoms with Crippen molar-refractivity contribution in [1.29, 1.82) is 0 Å². The Morgan fingerprint density at radius 1 is 0.707 bits per heavy atom. The number of carbonyl (C=O) groups is 2. The minimum atomic E-state index is -1.15. The summed E-state index contributed by atoms with van der Waals surface area (Å²) in [6, 6.07) is 28.7. The Bertz CT molecular complexity index is 1230. The van der Waals surface area contributed by atoms with E-state index in [1.807, 2.05) is 112 Å². The van der Waals surface area contributed by atoms with E-state index in [0.717, 1.165) is 16.0 Å². The van der Waals surface area contributed by atoms with Gasteiger partial charge in [-0.3, -0.25) is 4.90 Å². The molecule has 0 saturated heterocycles. The number of ether oxygens (including phenoxy) is 2. The first-order valence-electron chi connectivity index (χ1n) is 13.8. The molecule has 0 heterocycles. The number of aliphatic hydroxyl groups is 1. The number of hydrogen-bond donors (Lipinski definition) is 1. The average molecular weight is 579 g/mol. The second kappa shape index (κ2) is 14.4. The molecule has 0 saturated carbocycles. The van der Waals surface area contributed by atoms with Gasteiger partial charge in [0.25, 0.3) is 0 Å². The van der Waals surface area contributed by atoms with Crippen LogP contribution in [-0.4, -0.2) is 56.3 Å². The Morgan fingerprint density at radius 2 is 1.15 bits per heavy atom. The van der Waals surface area contributed by atoms with Crippen molar-refractivity contribution >= 4 is 23.9 Å². The molecule has 3 aromatic carbocycles. The van der Waals surface area contributed by atoms with Crippen molar-refractivity contribution in [3.8, 4) is 0 Å². The molecule has 0 aliphatic heterocycles. The van der Waals surface area contributed by atoms with Crippen LogP contribution in [0.3, 0.4) is 0 Å². The highest BCUT2D eigenvalue weighted by Gasteiger charge is 2.36. The van der Waals surface area contributed by atoms with Crippen LogP contribution in [0, 0.1) is 0 Å². The van der Waals surface area contributed by atoms with Gasteiger partial charge >= 0.3 is 12.2 Å². The molecule has 0 spiro atoms. The molecule has 2 amide bonds. The van der Waals surface area contributed by atoms with Crippen molar-refractivity contribution < 1.29 is 24.2 Å². The highest BCUT2D eigenvalue weighted by Crippen LogP contribution is 2.31. The number of carbonyl (C=O) groups excluding carboxylic acids is 2. The number of benzene rings is 3. The van der Waals surface area contributed by atoms with Gasteiger partial charge in [0.05, 0.1) is 13.1 Å². The van der Waals surface area contributed by atoms with E-state index in [1.165, 1.54) is 16.7 Å². The Hall–Kier alpha value is -3.49. The maximum atomic E-state index is 13.7. The molecular weight excluding hydrogens is 536 g/mol. The van der Waals surface area contributed by atoms with Gasteiger partial charge in [0.1, 0.15) is 22.7 Å². The lowest BCUT2D eigenvalue weighted by atomic mass is 10.1. The largest absolute Gasteiger partial charge is 0.444 e. The number of thioether (sulfide) groups is 1. The van der Waals surface area contributed by atoms with E-state index in [4.69, 9.17) is 9.47 Å². The maximum absolute atomic E-state index is 13.7. The summed E-state index contributed by atoms with van der Waals surface area (Å²) in [5.41, 5.74) is 0.323. The van der Waals surface area contributed by atoms with Crippen LogP contribution < -0.4 is 0 Å². The molecule has 0 aliphatic carbocycles. The van der Waals surface area contributed by atoms with E-state index in [9.17, 15) is 14.7 Å². The van der Waals surface area contributed by atoms with Gasteiger partial charge in [0, 0.05) is 11.4 Å². The molecule has 3 rings (SSSR count). The minimum absolute atomic E-state index is 0.0671. The first kappa shape index (κ1) is 32.0. The van der Waals surface area contributed by atoms with Crippen molar-refractivity contribution in [2.24, 2.45) is 0 Å². The lowest BCUT2D eigenvalue weighted by molar-refractivity contribution is -0.00660. The summed E-state index contributed by atoms with van der Waals surface area (Å²) in [6.07, 6.45) is -2.25. The first-order chi connectivity index (χ1) is 19.3. The van der Waals surface area contributed by atoms with Crippen molar-refractivity contribution in [1.82, 2.24) is 9.80 Å². The number of nitrogens with zero attached hydrogens (tertiary/aromatic N) is 2. The fraction of sp³-hybridized carbons (Fsp3) is 0.394. The third-order valence-electron chi connectivity index (χ3n) is 5.74. The molecule has 0 aromatic heterocycles. The van der Waals surface area contributed by atoms with Crippen LogP contribution in [0.4, 0.5) is 9.59 Å². The summed E-state index contributed by atoms with van der Waals surface area (Å²) in [5, 5.41) is 11.1. The van der Waals surface area contributed by atoms with Crippen molar-refractivity contribution in [2.45, 2.75) is 82.2 Å². The van der Waals surface area contributed by atoms with E-state index in [1.54, 1.807) is 25.7 Å². The van der Waals surface area contributed by atoms with Crippen LogP contribution >= 0.6 is 11.8 Å². The Morgan fingerprint density at radius 3 is 1.63 bits per heavy atom. The number of amides is 2. The lowest BCUT2D eigenvalue weighted by Gasteiger charge is -2.37. The minimum Gasteiger partial charge on any atom is -0.444 e. The zero-order valence-electron chi connectivity index (χ0n) is 24.8. The van der Waals surface area contributed by atoms with Gasteiger partial charge < -0.3 is 19.5 Å².